The van der Waals surface area contributed by atoms with Crippen LogP contribution in [0.5, 0.6) is 0 Å². The predicted molar refractivity (Wildman–Crippen MR) is 44.2 cm³/mol. The maximum absolute atomic E-state index is 13.0. The number of aromatic nitrogens is 2. The van der Waals surface area contributed by atoms with E-state index in [0.717, 1.165) is 6.20 Å². The second-order valence-corrected chi connectivity index (χ2v) is 3.29. The van der Waals surface area contributed by atoms with Crippen LogP contribution >= 0.6 is 15.9 Å². The molecule has 0 aliphatic rings. The first-order chi connectivity index (χ1) is 6.81. The molecule has 0 aliphatic carbocycles. The molecule has 0 bridgehead atoms. The largest absolute Gasteiger partial charge is 0.412 e. The molecule has 0 unspecified atom stereocenters. The monoisotopic (exact) mass is 287 g/mol. The van der Waals surface area contributed by atoms with Gasteiger partial charge in [-0.25, -0.2) is 4.68 Å². The highest BCUT2D eigenvalue weighted by Gasteiger charge is 2.58. The molecule has 1 aromatic rings. The Kier molecular flexibility index (Phi) is 2.91. The summed E-state index contributed by atoms with van der Waals surface area (Å²) < 4.78 is 51.1. The normalized spacial score (nSPS) is 12.3. The van der Waals surface area contributed by atoms with Crippen LogP contribution in [0.4, 0.5) is 17.6 Å². The molecule has 1 rings (SSSR count). The van der Waals surface area contributed by atoms with Gasteiger partial charge in [0.05, 0.1) is 10.7 Å². The van der Waals surface area contributed by atoms with Crippen LogP contribution < -0.4 is 0 Å². The summed E-state index contributed by atoms with van der Waals surface area (Å²) in [6, 6.07) is -9.60. The van der Waals surface area contributed by atoms with E-state index in [4.69, 9.17) is 5.53 Å². The van der Waals surface area contributed by atoms with Gasteiger partial charge in [0.15, 0.2) is 0 Å². The average Bonchev–Trinajstić information content (AvgIpc) is 2.51. The summed E-state index contributed by atoms with van der Waals surface area (Å²) in [6.45, 7) is 0. The Balaban J connectivity index is 3.17. The Morgan fingerprint density at radius 2 is 2.07 bits per heavy atom. The lowest BCUT2D eigenvalue weighted by molar-refractivity contribution is -0.262. The summed E-state index contributed by atoms with van der Waals surface area (Å²) in [5, 5.41) is 4.73. The Hall–Kier alpha value is -1.28. The molecule has 0 radical (unpaired) electrons. The predicted octanol–water partition coefficient (Wildman–Crippen LogP) is 3.10. The van der Waals surface area contributed by atoms with Crippen LogP contribution in [0, 0.1) is 0 Å². The fourth-order valence-corrected chi connectivity index (χ4v) is 0.994. The molecule has 5 nitrogen and oxygen atoms in total. The molecular weight excluding hydrogens is 286 g/mol. The van der Waals surface area contributed by atoms with E-state index < -0.39 is 12.1 Å². The number of hydrogen-bond acceptors (Lipinski definition) is 2. The summed E-state index contributed by atoms with van der Waals surface area (Å²) >= 11 is 2.77. The summed E-state index contributed by atoms with van der Waals surface area (Å²) in [5.74, 6) is 0. The van der Waals surface area contributed by atoms with Gasteiger partial charge < -0.3 is 0 Å². The van der Waals surface area contributed by atoms with Crippen molar-refractivity contribution < 1.29 is 17.6 Å². The highest BCUT2D eigenvalue weighted by atomic mass is 79.9. The molecule has 0 saturated heterocycles. The van der Waals surface area contributed by atoms with Crippen LogP contribution in [-0.4, -0.2) is 15.8 Å². The van der Waals surface area contributed by atoms with E-state index in [1.165, 1.54) is 0 Å². The van der Waals surface area contributed by atoms with E-state index in [1.807, 2.05) is 0 Å². The molecule has 0 fully saturated rings. The first kappa shape index (κ1) is 11.8. The molecule has 0 saturated carbocycles. The maximum Gasteiger partial charge on any atom is 0.412 e. The van der Waals surface area contributed by atoms with Gasteiger partial charge in [-0.3, -0.25) is 0 Å². The summed E-state index contributed by atoms with van der Waals surface area (Å²) in [7, 11) is 0. The summed E-state index contributed by atoms with van der Waals surface area (Å²) in [5.41, 5.74) is 7.72. The molecule has 10 heteroatoms. The molecule has 0 aromatic carbocycles. The average molecular weight is 288 g/mol. The third-order valence-corrected chi connectivity index (χ3v) is 1.78. The van der Waals surface area contributed by atoms with Gasteiger partial charge in [0.25, 0.3) is 0 Å². The Labute approximate surface area is 88.4 Å². The third kappa shape index (κ3) is 2.05. The zero-order chi connectivity index (χ0) is 11.7. The fourth-order valence-electron chi connectivity index (χ4n) is 0.709. The highest BCUT2D eigenvalue weighted by Crippen LogP contribution is 2.39. The van der Waals surface area contributed by atoms with Crippen LogP contribution in [0.2, 0.25) is 0 Å². The minimum atomic E-state index is -4.88. The van der Waals surface area contributed by atoms with Crippen molar-refractivity contribution in [2.24, 2.45) is 5.11 Å². The van der Waals surface area contributed by atoms with E-state index in [9.17, 15) is 17.6 Å². The van der Waals surface area contributed by atoms with Crippen LogP contribution in [0.15, 0.2) is 22.0 Å². The van der Waals surface area contributed by atoms with Gasteiger partial charge in [0.2, 0.25) is 0 Å². The van der Waals surface area contributed by atoms with Crippen LogP contribution in [0.1, 0.15) is 0 Å². The van der Waals surface area contributed by atoms with Crippen molar-refractivity contribution in [1.82, 2.24) is 9.78 Å². The molecule has 0 N–H and O–H groups in total. The number of halogens is 5. The van der Waals surface area contributed by atoms with Crippen LogP contribution in [-0.2, 0) is 6.05 Å². The standard InChI is InChI=1S/C5H2BrF4N5/c6-3-1-12-15(2-3)5(9,10)4(7,8)13-14-11/h1-2H. The van der Waals surface area contributed by atoms with Crippen molar-refractivity contribution in [3.8, 4) is 0 Å². The van der Waals surface area contributed by atoms with Crippen molar-refractivity contribution in [3.05, 3.63) is 27.3 Å². The van der Waals surface area contributed by atoms with Crippen molar-refractivity contribution >= 4 is 15.9 Å². The van der Waals surface area contributed by atoms with Crippen LogP contribution in [0.25, 0.3) is 10.4 Å². The van der Waals surface area contributed by atoms with Gasteiger partial charge >= 0.3 is 12.1 Å². The van der Waals surface area contributed by atoms with Crippen molar-refractivity contribution in [1.29, 1.82) is 0 Å². The molecule has 15 heavy (non-hydrogen) atoms. The maximum atomic E-state index is 13.0. The first-order valence-electron chi connectivity index (χ1n) is 3.34. The molecular formula is C5H2BrF4N5. The van der Waals surface area contributed by atoms with E-state index in [2.05, 4.69) is 21.0 Å². The number of alkyl halides is 4. The second-order valence-electron chi connectivity index (χ2n) is 2.38. The Morgan fingerprint density at radius 3 is 2.47 bits per heavy atom. The van der Waals surface area contributed by atoms with Gasteiger partial charge in [-0.05, 0) is 26.6 Å². The van der Waals surface area contributed by atoms with Crippen LogP contribution in [0.3, 0.4) is 0 Å². The van der Waals surface area contributed by atoms with Gasteiger partial charge in [-0.2, -0.15) is 22.7 Å². The second kappa shape index (κ2) is 3.70. The van der Waals surface area contributed by atoms with E-state index in [1.54, 1.807) is 10.0 Å². The number of nitrogens with zero attached hydrogens (tertiary/aromatic N) is 5. The molecule has 0 amide bonds. The summed E-state index contributed by atoms with van der Waals surface area (Å²) in [4.78, 5) is 1.65. The SMILES string of the molecule is [N-]=[N+]=NC(F)(F)C(F)(F)n1cc(Br)cn1. The van der Waals surface area contributed by atoms with Crippen molar-refractivity contribution in [2.45, 2.75) is 12.1 Å². The van der Waals surface area contributed by atoms with Crippen molar-refractivity contribution in [2.75, 3.05) is 0 Å². The molecule has 1 heterocycles. The van der Waals surface area contributed by atoms with E-state index >= 15 is 0 Å². The number of azide groups is 1. The quantitative estimate of drug-likeness (QED) is 0.277. The minimum absolute atomic E-state index is 0.0962. The lowest BCUT2D eigenvalue weighted by Gasteiger charge is -2.21. The number of hydrogen-bond donors (Lipinski definition) is 0. The van der Waals surface area contributed by atoms with Gasteiger partial charge in [0, 0.05) is 11.1 Å². The number of rotatable bonds is 3. The topological polar surface area (TPSA) is 66.6 Å². The van der Waals surface area contributed by atoms with Gasteiger partial charge in [-0.1, -0.05) is 0 Å². The smallest absolute Gasteiger partial charge is 0.203 e. The highest BCUT2D eigenvalue weighted by molar-refractivity contribution is 9.10. The Bertz CT molecular complexity index is 409. The summed E-state index contributed by atoms with van der Waals surface area (Å²) in [6.07, 6.45) is 1.54. The fraction of sp³-hybridized carbons (Fsp3) is 0.400. The first-order valence-corrected chi connectivity index (χ1v) is 4.13. The van der Waals surface area contributed by atoms with Gasteiger partial charge in [0.1, 0.15) is 0 Å². The van der Waals surface area contributed by atoms with Crippen molar-refractivity contribution in [3.63, 3.8) is 0 Å². The molecule has 1 aromatic heterocycles. The molecule has 0 atom stereocenters. The lowest BCUT2D eigenvalue weighted by Crippen LogP contribution is -2.41. The van der Waals surface area contributed by atoms with Gasteiger partial charge in [-0.15, -0.1) is 0 Å². The van der Waals surface area contributed by atoms with E-state index in [0.29, 0.717) is 6.20 Å². The zero-order valence-corrected chi connectivity index (χ0v) is 8.37. The Morgan fingerprint density at radius 1 is 1.47 bits per heavy atom. The molecule has 0 aliphatic heterocycles. The third-order valence-electron chi connectivity index (χ3n) is 1.37. The zero-order valence-electron chi connectivity index (χ0n) is 6.78. The van der Waals surface area contributed by atoms with E-state index in [-0.39, 0.29) is 9.15 Å². The minimum Gasteiger partial charge on any atom is -0.203 e. The molecule has 0 spiro atoms. The lowest BCUT2D eigenvalue weighted by atomic mass is 10.4. The molecule has 82 valence electrons.